The van der Waals surface area contributed by atoms with Crippen molar-refractivity contribution in [3.8, 4) is 17.2 Å². The van der Waals surface area contributed by atoms with Crippen molar-refractivity contribution < 1.29 is 33.3 Å². The van der Waals surface area contributed by atoms with Crippen molar-refractivity contribution in [3.05, 3.63) is 83.4 Å². The van der Waals surface area contributed by atoms with Crippen molar-refractivity contribution >= 4 is 35.2 Å². The molecule has 1 N–H and O–H groups in total. The summed E-state index contributed by atoms with van der Waals surface area (Å²) in [6.07, 6.45) is 3.06. The number of anilines is 2. The quantitative estimate of drug-likeness (QED) is 0.366. The Kier molecular flexibility index (Phi) is 7.73. The third-order valence-electron chi connectivity index (χ3n) is 5.69. The lowest BCUT2D eigenvalue weighted by Crippen LogP contribution is -2.38. The normalized spacial score (nSPS) is 12.5. The molecule has 190 valence electrons. The number of rotatable bonds is 8. The SMILES string of the molecule is COC(=O)c1cccc(CN2C(=O)COc3ccc(NC(=O)/C=C/c4ccc(OC)c(OC)c4)cc32)c1. The van der Waals surface area contributed by atoms with Crippen LogP contribution < -0.4 is 24.4 Å². The van der Waals surface area contributed by atoms with Gasteiger partial charge < -0.3 is 29.2 Å². The van der Waals surface area contributed by atoms with Gasteiger partial charge in [-0.2, -0.15) is 0 Å². The highest BCUT2D eigenvalue weighted by Crippen LogP contribution is 2.35. The van der Waals surface area contributed by atoms with Gasteiger partial charge in [-0.25, -0.2) is 4.79 Å². The first-order chi connectivity index (χ1) is 17.9. The van der Waals surface area contributed by atoms with Gasteiger partial charge in [0.25, 0.3) is 5.91 Å². The highest BCUT2D eigenvalue weighted by atomic mass is 16.5. The number of nitrogens with one attached hydrogen (secondary N) is 1. The average Bonchev–Trinajstić information content (AvgIpc) is 2.93. The van der Waals surface area contributed by atoms with E-state index in [9.17, 15) is 14.4 Å². The van der Waals surface area contributed by atoms with Crippen LogP contribution in [0.5, 0.6) is 17.2 Å². The van der Waals surface area contributed by atoms with Gasteiger partial charge in [0, 0.05) is 11.8 Å². The second kappa shape index (κ2) is 11.3. The first-order valence-corrected chi connectivity index (χ1v) is 11.4. The van der Waals surface area contributed by atoms with Gasteiger partial charge in [-0.05, 0) is 59.7 Å². The van der Waals surface area contributed by atoms with Gasteiger partial charge in [-0.3, -0.25) is 9.59 Å². The Morgan fingerprint density at radius 3 is 2.57 bits per heavy atom. The Hall–Kier alpha value is -4.79. The molecule has 0 atom stereocenters. The van der Waals surface area contributed by atoms with Crippen LogP contribution in [0.25, 0.3) is 6.08 Å². The molecule has 0 saturated heterocycles. The van der Waals surface area contributed by atoms with E-state index < -0.39 is 5.97 Å². The summed E-state index contributed by atoms with van der Waals surface area (Å²) in [6.45, 7) is 0.111. The summed E-state index contributed by atoms with van der Waals surface area (Å²) in [5.41, 5.74) is 2.91. The maximum Gasteiger partial charge on any atom is 0.337 e. The molecule has 0 aliphatic carbocycles. The second-order valence-electron chi connectivity index (χ2n) is 8.08. The van der Waals surface area contributed by atoms with Crippen molar-refractivity contribution in [2.45, 2.75) is 6.54 Å². The fraction of sp³-hybridized carbons (Fsp3) is 0.179. The zero-order chi connectivity index (χ0) is 26.4. The number of fused-ring (bicyclic) bond motifs is 1. The lowest BCUT2D eigenvalue weighted by atomic mass is 10.1. The first-order valence-electron chi connectivity index (χ1n) is 11.4. The van der Waals surface area contributed by atoms with Crippen molar-refractivity contribution in [2.75, 3.05) is 38.2 Å². The highest BCUT2D eigenvalue weighted by molar-refractivity contribution is 6.03. The Bertz CT molecular complexity index is 1370. The molecule has 3 aromatic rings. The Morgan fingerprint density at radius 2 is 1.81 bits per heavy atom. The van der Waals surface area contributed by atoms with Crippen molar-refractivity contribution in [2.24, 2.45) is 0 Å². The number of hydrogen-bond acceptors (Lipinski definition) is 7. The van der Waals surface area contributed by atoms with Crippen LogP contribution in [0.4, 0.5) is 11.4 Å². The number of esters is 1. The lowest BCUT2D eigenvalue weighted by molar-refractivity contribution is -0.121. The number of nitrogens with zero attached hydrogens (tertiary/aromatic N) is 1. The molecule has 0 unspecified atom stereocenters. The molecule has 3 aromatic carbocycles. The molecular formula is C28H26N2O7. The molecule has 0 radical (unpaired) electrons. The zero-order valence-corrected chi connectivity index (χ0v) is 20.6. The van der Waals surface area contributed by atoms with Crippen molar-refractivity contribution in [3.63, 3.8) is 0 Å². The minimum absolute atomic E-state index is 0.108. The predicted molar refractivity (Wildman–Crippen MR) is 138 cm³/mol. The number of ether oxygens (including phenoxy) is 4. The number of methoxy groups -OCH3 is 3. The second-order valence-corrected chi connectivity index (χ2v) is 8.08. The number of benzene rings is 3. The van der Waals surface area contributed by atoms with Gasteiger partial charge >= 0.3 is 5.97 Å². The van der Waals surface area contributed by atoms with Gasteiger partial charge in [-0.1, -0.05) is 18.2 Å². The summed E-state index contributed by atoms with van der Waals surface area (Å²) in [6, 6.07) is 17.3. The van der Waals surface area contributed by atoms with E-state index in [1.165, 1.54) is 13.2 Å². The van der Waals surface area contributed by atoms with Crippen LogP contribution in [-0.2, 0) is 20.9 Å². The molecule has 0 saturated carbocycles. The standard InChI is InChI=1S/C28H26N2O7/c1-34-24-10-7-18(14-25(24)35-2)8-12-26(31)29-21-9-11-23-22(15-21)30(27(32)17-37-23)16-19-5-4-6-20(13-19)28(33)36-3/h4-15H,16-17H2,1-3H3,(H,29,31)/b12-8+. The third kappa shape index (κ3) is 5.90. The largest absolute Gasteiger partial charge is 0.493 e. The number of hydrogen-bond donors (Lipinski definition) is 1. The smallest absolute Gasteiger partial charge is 0.337 e. The van der Waals surface area contributed by atoms with Crippen LogP contribution in [0.15, 0.2) is 66.7 Å². The Balaban J connectivity index is 1.51. The average molecular weight is 503 g/mol. The maximum absolute atomic E-state index is 12.7. The van der Waals surface area contributed by atoms with E-state index in [0.717, 1.165) is 11.1 Å². The third-order valence-corrected chi connectivity index (χ3v) is 5.69. The van der Waals surface area contributed by atoms with Crippen molar-refractivity contribution in [1.29, 1.82) is 0 Å². The molecule has 1 aliphatic heterocycles. The van der Waals surface area contributed by atoms with E-state index in [1.54, 1.807) is 79.8 Å². The summed E-state index contributed by atoms with van der Waals surface area (Å²) in [4.78, 5) is 38.8. The minimum atomic E-state index is -0.457. The maximum atomic E-state index is 12.7. The summed E-state index contributed by atoms with van der Waals surface area (Å²) in [5.74, 6) is 0.616. The first kappa shape index (κ1) is 25.3. The summed E-state index contributed by atoms with van der Waals surface area (Å²) in [7, 11) is 4.41. The summed E-state index contributed by atoms with van der Waals surface area (Å²) < 4.78 is 20.9. The molecule has 0 aromatic heterocycles. The fourth-order valence-corrected chi connectivity index (χ4v) is 3.86. The lowest BCUT2D eigenvalue weighted by Gasteiger charge is -2.30. The molecule has 0 spiro atoms. The van der Waals surface area contributed by atoms with Crippen LogP contribution in [0.2, 0.25) is 0 Å². The number of carbonyl (C=O) groups excluding carboxylic acids is 3. The number of amides is 2. The number of carbonyl (C=O) groups is 3. The molecule has 2 amide bonds. The molecular weight excluding hydrogens is 476 g/mol. The van der Waals surface area contributed by atoms with Gasteiger partial charge in [-0.15, -0.1) is 0 Å². The highest BCUT2D eigenvalue weighted by Gasteiger charge is 2.26. The van der Waals surface area contributed by atoms with E-state index >= 15 is 0 Å². The Labute approximate surface area is 214 Å². The van der Waals surface area contributed by atoms with Gasteiger partial charge in [0.15, 0.2) is 18.1 Å². The van der Waals surface area contributed by atoms with Crippen LogP contribution in [-0.4, -0.2) is 45.7 Å². The minimum Gasteiger partial charge on any atom is -0.493 e. The molecule has 0 fully saturated rings. The molecule has 9 nitrogen and oxygen atoms in total. The van der Waals surface area contributed by atoms with Crippen molar-refractivity contribution in [1.82, 2.24) is 0 Å². The van der Waals surface area contributed by atoms with Crippen LogP contribution >= 0.6 is 0 Å². The fourth-order valence-electron chi connectivity index (χ4n) is 3.86. The van der Waals surface area contributed by atoms with Gasteiger partial charge in [0.2, 0.25) is 5.91 Å². The van der Waals surface area contributed by atoms with Crippen LogP contribution in [0.3, 0.4) is 0 Å². The summed E-state index contributed by atoms with van der Waals surface area (Å²) in [5, 5.41) is 2.81. The van der Waals surface area contributed by atoms with Crippen LogP contribution in [0, 0.1) is 0 Å². The molecule has 37 heavy (non-hydrogen) atoms. The Morgan fingerprint density at radius 1 is 1.00 bits per heavy atom. The van der Waals surface area contributed by atoms with Gasteiger partial charge in [0.1, 0.15) is 5.75 Å². The van der Waals surface area contributed by atoms with E-state index in [1.807, 2.05) is 6.07 Å². The molecule has 4 rings (SSSR count). The zero-order valence-electron chi connectivity index (χ0n) is 20.6. The van der Waals surface area contributed by atoms with Crippen LogP contribution in [0.1, 0.15) is 21.5 Å². The van der Waals surface area contributed by atoms with E-state index in [0.29, 0.717) is 34.2 Å². The predicted octanol–water partition coefficient (Wildman–Crippen LogP) is 4.07. The molecule has 9 heteroatoms. The van der Waals surface area contributed by atoms with E-state index in [-0.39, 0.29) is 25.0 Å². The van der Waals surface area contributed by atoms with E-state index in [4.69, 9.17) is 18.9 Å². The van der Waals surface area contributed by atoms with E-state index in [2.05, 4.69) is 5.32 Å². The topological polar surface area (TPSA) is 103 Å². The molecule has 1 aliphatic rings. The summed E-state index contributed by atoms with van der Waals surface area (Å²) >= 11 is 0. The molecule has 0 bridgehead atoms. The molecule has 1 heterocycles. The van der Waals surface area contributed by atoms with Gasteiger partial charge in [0.05, 0.1) is 39.1 Å². The monoisotopic (exact) mass is 502 g/mol.